The third-order valence-corrected chi connectivity index (χ3v) is 5.50. The summed E-state index contributed by atoms with van der Waals surface area (Å²) in [5, 5.41) is 0. The number of methoxy groups -OCH3 is 2. The van der Waals surface area contributed by atoms with E-state index in [1.807, 2.05) is 17.0 Å². The van der Waals surface area contributed by atoms with Gasteiger partial charge in [0.1, 0.15) is 11.5 Å². The van der Waals surface area contributed by atoms with Crippen LogP contribution in [0.2, 0.25) is 0 Å². The summed E-state index contributed by atoms with van der Waals surface area (Å²) in [5.41, 5.74) is 1.91. The number of hydrogen-bond donors (Lipinski definition) is 0. The summed E-state index contributed by atoms with van der Waals surface area (Å²) < 4.78 is 10.3. The fraction of sp³-hybridized carbons (Fsp3) is 0.417. The molecular formula is C24H30N2O4. The van der Waals surface area contributed by atoms with Crippen molar-refractivity contribution in [2.45, 2.75) is 25.8 Å². The second-order valence-electron chi connectivity index (χ2n) is 7.51. The summed E-state index contributed by atoms with van der Waals surface area (Å²) in [6.07, 6.45) is 1.38. The molecule has 3 rings (SSSR count). The van der Waals surface area contributed by atoms with Crippen LogP contribution in [0.25, 0.3) is 0 Å². The van der Waals surface area contributed by atoms with Gasteiger partial charge in [-0.15, -0.1) is 0 Å². The summed E-state index contributed by atoms with van der Waals surface area (Å²) >= 11 is 0. The standard InChI is InChI=1S/C24H30N2O4/c1-29-21-10-6-19(7-11-21)18-25-14-16-26(17-15-25)24(28)5-3-4-23(27)20-8-12-22(30-2)13-9-20/h6-13H,3-5,14-18H2,1-2H3. The molecule has 1 aliphatic rings. The Balaban J connectivity index is 1.36. The number of nitrogens with zero attached hydrogens (tertiary/aromatic N) is 2. The number of carbonyl (C=O) groups excluding carboxylic acids is 2. The number of ether oxygens (including phenoxy) is 2. The first-order chi connectivity index (χ1) is 14.6. The fourth-order valence-electron chi connectivity index (χ4n) is 3.62. The normalized spacial score (nSPS) is 14.4. The van der Waals surface area contributed by atoms with Crippen molar-refractivity contribution in [3.05, 3.63) is 59.7 Å². The molecule has 0 aliphatic carbocycles. The van der Waals surface area contributed by atoms with E-state index < -0.39 is 0 Å². The molecule has 0 bridgehead atoms. The molecule has 0 radical (unpaired) electrons. The molecule has 1 aliphatic heterocycles. The molecule has 2 aromatic rings. The van der Waals surface area contributed by atoms with Gasteiger partial charge >= 0.3 is 0 Å². The third-order valence-electron chi connectivity index (χ3n) is 5.50. The average Bonchev–Trinajstić information content (AvgIpc) is 2.80. The summed E-state index contributed by atoms with van der Waals surface area (Å²) in [5.74, 6) is 1.80. The fourth-order valence-corrected chi connectivity index (χ4v) is 3.62. The van der Waals surface area contributed by atoms with Gasteiger partial charge in [0.05, 0.1) is 14.2 Å². The Morgan fingerprint density at radius 3 is 1.93 bits per heavy atom. The van der Waals surface area contributed by atoms with Crippen molar-refractivity contribution in [2.24, 2.45) is 0 Å². The lowest BCUT2D eigenvalue weighted by Gasteiger charge is -2.34. The SMILES string of the molecule is COc1ccc(CN2CCN(C(=O)CCCC(=O)c3ccc(OC)cc3)CC2)cc1. The Bertz CT molecular complexity index is 825. The summed E-state index contributed by atoms with van der Waals surface area (Å²) in [6, 6.07) is 15.2. The molecule has 160 valence electrons. The third kappa shape index (κ3) is 6.07. The number of benzene rings is 2. The van der Waals surface area contributed by atoms with Gasteiger partial charge in [-0.3, -0.25) is 14.5 Å². The maximum atomic E-state index is 12.5. The highest BCUT2D eigenvalue weighted by atomic mass is 16.5. The van der Waals surface area contributed by atoms with Crippen LogP contribution in [0.3, 0.4) is 0 Å². The topological polar surface area (TPSA) is 59.1 Å². The predicted octanol–water partition coefficient (Wildman–Crippen LogP) is 3.40. The van der Waals surface area contributed by atoms with Crippen LogP contribution in [0.5, 0.6) is 11.5 Å². The van der Waals surface area contributed by atoms with Gasteiger partial charge in [0.2, 0.25) is 5.91 Å². The van der Waals surface area contributed by atoms with Crippen LogP contribution in [0.1, 0.15) is 35.2 Å². The second kappa shape index (κ2) is 10.8. The van der Waals surface area contributed by atoms with Crippen molar-refractivity contribution in [2.75, 3.05) is 40.4 Å². The van der Waals surface area contributed by atoms with Crippen LogP contribution in [0.4, 0.5) is 0 Å². The number of Topliss-reactive ketones (excluding diaryl/α,β-unsaturated/α-hetero) is 1. The second-order valence-corrected chi connectivity index (χ2v) is 7.51. The Morgan fingerprint density at radius 2 is 1.37 bits per heavy atom. The molecule has 0 aromatic heterocycles. The van der Waals surface area contributed by atoms with Gasteiger partial charge in [0.25, 0.3) is 0 Å². The summed E-state index contributed by atoms with van der Waals surface area (Å²) in [6.45, 7) is 4.08. The van der Waals surface area contributed by atoms with Crippen molar-refractivity contribution in [1.82, 2.24) is 9.80 Å². The van der Waals surface area contributed by atoms with Gasteiger partial charge in [0, 0.05) is 51.1 Å². The number of ketones is 1. The van der Waals surface area contributed by atoms with Crippen LogP contribution in [-0.4, -0.2) is 61.9 Å². The smallest absolute Gasteiger partial charge is 0.222 e. The molecule has 1 saturated heterocycles. The Hall–Kier alpha value is -2.86. The van der Waals surface area contributed by atoms with Gasteiger partial charge in [-0.2, -0.15) is 0 Å². The van der Waals surface area contributed by atoms with Gasteiger partial charge in [-0.1, -0.05) is 12.1 Å². The van der Waals surface area contributed by atoms with Gasteiger partial charge < -0.3 is 14.4 Å². The first kappa shape index (κ1) is 21.8. The van der Waals surface area contributed by atoms with Crippen molar-refractivity contribution in [3.63, 3.8) is 0 Å². The Kier molecular flexibility index (Phi) is 7.85. The van der Waals surface area contributed by atoms with Crippen LogP contribution >= 0.6 is 0 Å². The average molecular weight is 411 g/mol. The highest BCUT2D eigenvalue weighted by molar-refractivity contribution is 5.96. The molecule has 6 nitrogen and oxygen atoms in total. The van der Waals surface area contributed by atoms with Crippen molar-refractivity contribution in [3.8, 4) is 11.5 Å². The zero-order valence-electron chi connectivity index (χ0n) is 17.8. The van der Waals surface area contributed by atoms with E-state index in [0.29, 0.717) is 24.8 Å². The minimum atomic E-state index is 0.0646. The molecule has 6 heteroatoms. The van der Waals surface area contributed by atoms with Crippen molar-refractivity contribution < 1.29 is 19.1 Å². The molecule has 2 aromatic carbocycles. The van der Waals surface area contributed by atoms with E-state index in [1.165, 1.54) is 5.56 Å². The van der Waals surface area contributed by atoms with Crippen LogP contribution in [0.15, 0.2) is 48.5 Å². The summed E-state index contributed by atoms with van der Waals surface area (Å²) in [4.78, 5) is 29.1. The van der Waals surface area contributed by atoms with E-state index in [-0.39, 0.29) is 11.7 Å². The molecule has 30 heavy (non-hydrogen) atoms. The molecule has 0 unspecified atom stereocenters. The summed E-state index contributed by atoms with van der Waals surface area (Å²) in [7, 11) is 3.27. The molecule has 0 spiro atoms. The Morgan fingerprint density at radius 1 is 0.800 bits per heavy atom. The lowest BCUT2D eigenvalue weighted by molar-refractivity contribution is -0.133. The largest absolute Gasteiger partial charge is 0.497 e. The first-order valence-corrected chi connectivity index (χ1v) is 10.4. The van der Waals surface area contributed by atoms with Gasteiger partial charge in [0.15, 0.2) is 5.78 Å². The number of piperazine rings is 1. The van der Waals surface area contributed by atoms with Crippen LogP contribution in [0, 0.1) is 0 Å². The quantitative estimate of drug-likeness (QED) is 0.593. The molecule has 1 amide bonds. The maximum Gasteiger partial charge on any atom is 0.222 e. The number of amides is 1. The minimum Gasteiger partial charge on any atom is -0.497 e. The van der Waals surface area contributed by atoms with Crippen molar-refractivity contribution in [1.29, 1.82) is 0 Å². The van der Waals surface area contributed by atoms with Crippen LogP contribution in [-0.2, 0) is 11.3 Å². The first-order valence-electron chi connectivity index (χ1n) is 10.4. The minimum absolute atomic E-state index is 0.0646. The molecule has 1 fully saturated rings. The zero-order chi connectivity index (χ0) is 21.3. The number of rotatable bonds is 9. The predicted molar refractivity (Wildman–Crippen MR) is 116 cm³/mol. The van der Waals surface area contributed by atoms with E-state index in [9.17, 15) is 9.59 Å². The van der Waals surface area contributed by atoms with E-state index >= 15 is 0 Å². The monoisotopic (exact) mass is 410 g/mol. The number of hydrogen-bond acceptors (Lipinski definition) is 5. The lowest BCUT2D eigenvalue weighted by Crippen LogP contribution is -2.48. The molecular weight excluding hydrogens is 380 g/mol. The highest BCUT2D eigenvalue weighted by Crippen LogP contribution is 2.16. The van der Waals surface area contributed by atoms with E-state index in [4.69, 9.17) is 9.47 Å². The van der Waals surface area contributed by atoms with E-state index in [1.54, 1.807) is 38.5 Å². The van der Waals surface area contributed by atoms with E-state index in [0.717, 1.165) is 44.2 Å². The number of carbonyl (C=O) groups is 2. The van der Waals surface area contributed by atoms with Crippen molar-refractivity contribution >= 4 is 11.7 Å². The Labute approximate surface area is 178 Å². The van der Waals surface area contributed by atoms with Gasteiger partial charge in [-0.05, 0) is 48.4 Å². The van der Waals surface area contributed by atoms with Gasteiger partial charge in [-0.25, -0.2) is 0 Å². The van der Waals surface area contributed by atoms with Crippen LogP contribution < -0.4 is 9.47 Å². The van der Waals surface area contributed by atoms with E-state index in [2.05, 4.69) is 17.0 Å². The zero-order valence-corrected chi connectivity index (χ0v) is 17.8. The molecule has 1 heterocycles. The molecule has 0 N–H and O–H groups in total. The maximum absolute atomic E-state index is 12.5. The highest BCUT2D eigenvalue weighted by Gasteiger charge is 2.21. The molecule has 0 saturated carbocycles. The molecule has 0 atom stereocenters. The lowest BCUT2D eigenvalue weighted by atomic mass is 10.0.